The van der Waals surface area contributed by atoms with Crippen LogP contribution in [-0.2, 0) is 11.3 Å². The summed E-state index contributed by atoms with van der Waals surface area (Å²) in [7, 11) is 0. The average Bonchev–Trinajstić information content (AvgIpc) is 2.51. The van der Waals surface area contributed by atoms with E-state index < -0.39 is 0 Å². The lowest BCUT2D eigenvalue weighted by Gasteiger charge is -2.12. The van der Waals surface area contributed by atoms with Crippen LogP contribution >= 0.6 is 0 Å². The van der Waals surface area contributed by atoms with Crippen molar-refractivity contribution >= 4 is 27.5 Å². The highest BCUT2D eigenvalue weighted by atomic mass is 16.1. The van der Waals surface area contributed by atoms with Gasteiger partial charge in [0.05, 0.1) is 0 Å². The number of benzene rings is 3. The second-order valence-corrected chi connectivity index (χ2v) is 5.26. The van der Waals surface area contributed by atoms with Crippen molar-refractivity contribution in [3.05, 3.63) is 72.3 Å². The van der Waals surface area contributed by atoms with Crippen LogP contribution in [-0.4, -0.2) is 5.91 Å². The van der Waals surface area contributed by atoms with Crippen LogP contribution in [0.15, 0.2) is 66.7 Å². The fourth-order valence-electron chi connectivity index (χ4n) is 2.62. The maximum absolute atomic E-state index is 11.8. The second kappa shape index (κ2) is 5.41. The molecule has 0 aliphatic carbocycles. The minimum absolute atomic E-state index is 0.105. The van der Waals surface area contributed by atoms with Crippen LogP contribution < -0.4 is 5.32 Å². The fourth-order valence-corrected chi connectivity index (χ4v) is 2.62. The third kappa shape index (κ3) is 2.52. The van der Waals surface area contributed by atoms with Crippen molar-refractivity contribution in [2.45, 2.75) is 13.5 Å². The molecule has 104 valence electrons. The molecule has 0 radical (unpaired) electrons. The number of hydrogen-bond donors (Lipinski definition) is 1. The predicted molar refractivity (Wildman–Crippen MR) is 88.1 cm³/mol. The largest absolute Gasteiger partial charge is 0.348 e. The second-order valence-electron chi connectivity index (χ2n) is 5.26. The van der Waals surface area contributed by atoms with E-state index in [0.717, 1.165) is 5.56 Å². The van der Waals surface area contributed by atoms with Gasteiger partial charge in [-0.1, -0.05) is 55.1 Å². The SMILES string of the molecule is C=C(C)C(=O)NCc1c2ccccc2cc2ccccc12. The molecule has 3 aromatic carbocycles. The number of fused-ring (bicyclic) bond motifs is 2. The molecular formula is C19H17NO. The Kier molecular flexibility index (Phi) is 3.44. The molecule has 0 aliphatic rings. The third-order valence-electron chi connectivity index (χ3n) is 3.70. The van der Waals surface area contributed by atoms with E-state index in [-0.39, 0.29) is 5.91 Å². The molecule has 2 nitrogen and oxygen atoms in total. The maximum atomic E-state index is 11.8. The molecule has 0 aromatic heterocycles. The van der Waals surface area contributed by atoms with Gasteiger partial charge in [0.1, 0.15) is 0 Å². The van der Waals surface area contributed by atoms with Gasteiger partial charge in [0.2, 0.25) is 5.91 Å². The molecule has 0 atom stereocenters. The van der Waals surface area contributed by atoms with Crippen molar-refractivity contribution in [3.63, 3.8) is 0 Å². The summed E-state index contributed by atoms with van der Waals surface area (Å²) in [6, 6.07) is 18.7. The Morgan fingerprint density at radius 2 is 1.52 bits per heavy atom. The van der Waals surface area contributed by atoms with Gasteiger partial charge in [-0.05, 0) is 40.1 Å². The molecule has 3 aromatic rings. The Bertz CT molecular complexity index is 794. The van der Waals surface area contributed by atoms with Gasteiger partial charge in [0, 0.05) is 12.1 Å². The van der Waals surface area contributed by atoms with Gasteiger partial charge in [0.15, 0.2) is 0 Å². The van der Waals surface area contributed by atoms with Crippen LogP contribution in [0.4, 0.5) is 0 Å². The topological polar surface area (TPSA) is 29.1 Å². The van der Waals surface area contributed by atoms with E-state index in [4.69, 9.17) is 0 Å². The van der Waals surface area contributed by atoms with Crippen molar-refractivity contribution in [3.8, 4) is 0 Å². The highest BCUT2D eigenvalue weighted by molar-refractivity contribution is 6.02. The normalized spacial score (nSPS) is 10.7. The minimum atomic E-state index is -0.105. The molecule has 3 rings (SSSR count). The summed E-state index contributed by atoms with van der Waals surface area (Å²) in [6.07, 6.45) is 0. The summed E-state index contributed by atoms with van der Waals surface area (Å²) in [5.74, 6) is -0.105. The lowest BCUT2D eigenvalue weighted by Crippen LogP contribution is -2.23. The first-order valence-corrected chi connectivity index (χ1v) is 7.00. The molecule has 1 amide bonds. The standard InChI is InChI=1S/C19H17NO/c1-13(2)19(21)20-12-18-16-9-5-3-7-14(16)11-15-8-4-6-10-17(15)18/h3-11H,1,12H2,2H3,(H,20,21). The molecule has 0 aliphatic heterocycles. The van der Waals surface area contributed by atoms with Gasteiger partial charge in [-0.15, -0.1) is 0 Å². The highest BCUT2D eigenvalue weighted by Crippen LogP contribution is 2.28. The predicted octanol–water partition coefficient (Wildman–Crippen LogP) is 4.19. The van der Waals surface area contributed by atoms with E-state index in [1.807, 2.05) is 24.3 Å². The van der Waals surface area contributed by atoms with Crippen LogP contribution in [0.5, 0.6) is 0 Å². The molecule has 0 heterocycles. The first-order valence-electron chi connectivity index (χ1n) is 7.00. The summed E-state index contributed by atoms with van der Waals surface area (Å²) in [5.41, 5.74) is 1.68. The Morgan fingerprint density at radius 1 is 1.00 bits per heavy atom. The molecule has 0 saturated heterocycles. The van der Waals surface area contributed by atoms with Crippen LogP contribution in [0.1, 0.15) is 12.5 Å². The van der Waals surface area contributed by atoms with E-state index in [2.05, 4.69) is 42.2 Å². The van der Waals surface area contributed by atoms with Crippen molar-refractivity contribution in [1.29, 1.82) is 0 Å². The minimum Gasteiger partial charge on any atom is -0.348 e. The summed E-state index contributed by atoms with van der Waals surface area (Å²) in [4.78, 5) is 11.8. The van der Waals surface area contributed by atoms with E-state index in [9.17, 15) is 4.79 Å². The molecule has 21 heavy (non-hydrogen) atoms. The lowest BCUT2D eigenvalue weighted by molar-refractivity contribution is -0.117. The molecular weight excluding hydrogens is 258 g/mol. The van der Waals surface area contributed by atoms with Crippen molar-refractivity contribution in [2.24, 2.45) is 0 Å². The molecule has 0 bridgehead atoms. The zero-order valence-corrected chi connectivity index (χ0v) is 12.0. The monoisotopic (exact) mass is 275 g/mol. The third-order valence-corrected chi connectivity index (χ3v) is 3.70. The number of nitrogens with one attached hydrogen (secondary N) is 1. The summed E-state index contributed by atoms with van der Waals surface area (Å²) in [6.45, 7) is 5.91. The zero-order chi connectivity index (χ0) is 14.8. The van der Waals surface area contributed by atoms with Crippen LogP contribution in [0, 0.1) is 0 Å². The smallest absolute Gasteiger partial charge is 0.246 e. The van der Waals surface area contributed by atoms with Gasteiger partial charge in [0.25, 0.3) is 0 Å². The van der Waals surface area contributed by atoms with Gasteiger partial charge in [-0.2, -0.15) is 0 Å². The Hall–Kier alpha value is -2.61. The van der Waals surface area contributed by atoms with Crippen LogP contribution in [0.25, 0.3) is 21.5 Å². The average molecular weight is 275 g/mol. The number of carbonyl (C=O) groups excluding carboxylic acids is 1. The number of amides is 1. The summed E-state index contributed by atoms with van der Waals surface area (Å²) in [5, 5.41) is 7.68. The van der Waals surface area contributed by atoms with E-state index in [0.29, 0.717) is 12.1 Å². The molecule has 1 N–H and O–H groups in total. The number of carbonyl (C=O) groups is 1. The van der Waals surface area contributed by atoms with Gasteiger partial charge in [-0.25, -0.2) is 0 Å². The zero-order valence-electron chi connectivity index (χ0n) is 12.0. The molecule has 0 spiro atoms. The summed E-state index contributed by atoms with van der Waals surface area (Å²) >= 11 is 0. The van der Waals surface area contributed by atoms with Crippen LogP contribution in [0.3, 0.4) is 0 Å². The van der Waals surface area contributed by atoms with E-state index in [1.165, 1.54) is 21.5 Å². The Labute approximate surface area is 124 Å². The summed E-state index contributed by atoms with van der Waals surface area (Å²) < 4.78 is 0. The first-order chi connectivity index (χ1) is 10.2. The number of rotatable bonds is 3. The van der Waals surface area contributed by atoms with Crippen molar-refractivity contribution < 1.29 is 4.79 Å². The molecule has 2 heteroatoms. The van der Waals surface area contributed by atoms with Crippen molar-refractivity contribution in [1.82, 2.24) is 5.32 Å². The lowest BCUT2D eigenvalue weighted by atomic mass is 9.97. The van der Waals surface area contributed by atoms with Gasteiger partial charge >= 0.3 is 0 Å². The quantitative estimate of drug-likeness (QED) is 0.563. The Morgan fingerprint density at radius 3 is 2.05 bits per heavy atom. The van der Waals surface area contributed by atoms with Gasteiger partial charge in [-0.3, -0.25) is 4.79 Å². The maximum Gasteiger partial charge on any atom is 0.246 e. The Balaban J connectivity index is 2.16. The first kappa shape index (κ1) is 13.4. The molecule has 0 unspecified atom stereocenters. The molecule has 0 fully saturated rings. The van der Waals surface area contributed by atoms with E-state index >= 15 is 0 Å². The number of hydrogen-bond acceptors (Lipinski definition) is 1. The van der Waals surface area contributed by atoms with E-state index in [1.54, 1.807) is 6.92 Å². The van der Waals surface area contributed by atoms with Crippen LogP contribution in [0.2, 0.25) is 0 Å². The highest BCUT2D eigenvalue weighted by Gasteiger charge is 2.09. The fraction of sp³-hybridized carbons (Fsp3) is 0.105. The van der Waals surface area contributed by atoms with Gasteiger partial charge < -0.3 is 5.32 Å². The van der Waals surface area contributed by atoms with Crippen molar-refractivity contribution in [2.75, 3.05) is 0 Å². The molecule has 0 saturated carbocycles.